The van der Waals surface area contributed by atoms with Crippen LogP contribution in [0.3, 0.4) is 0 Å². The Morgan fingerprint density at radius 2 is 1.68 bits per heavy atom. The monoisotopic (exact) mass is 584 g/mol. The van der Waals surface area contributed by atoms with Gasteiger partial charge >= 0.3 is 31.1 Å². The van der Waals surface area contributed by atoms with Gasteiger partial charge in [0.2, 0.25) is 0 Å². The van der Waals surface area contributed by atoms with Crippen molar-refractivity contribution in [1.82, 2.24) is 4.98 Å². The van der Waals surface area contributed by atoms with Gasteiger partial charge in [0.1, 0.15) is 0 Å². The molecule has 25 heavy (non-hydrogen) atoms. The average molecular weight is 585 g/mol. The zero-order chi connectivity index (χ0) is 18.5. The smallest absolute Gasteiger partial charge is 0.398 e. The molecule has 2 nitrogen and oxygen atoms in total. The molecule has 0 bridgehead atoms. The first-order valence-electron chi connectivity index (χ1n) is 8.79. The summed E-state index contributed by atoms with van der Waals surface area (Å²) in [6, 6.07) is 4.14. The van der Waals surface area contributed by atoms with E-state index in [1.807, 2.05) is 26.8 Å². The van der Waals surface area contributed by atoms with Gasteiger partial charge in [0.15, 0.2) is 0 Å². The van der Waals surface area contributed by atoms with Crippen LogP contribution in [-0.2, 0) is 0 Å². The van der Waals surface area contributed by atoms with Crippen molar-refractivity contribution in [3.05, 3.63) is 47.5 Å². The number of hydrogen-bond acceptors (Lipinski definition) is 3. The molecule has 0 saturated heterocycles. The number of benzene rings is 1. The third kappa shape index (κ3) is 10.4. The number of nitrogen functional groups attached to an aromatic ring is 1. The molecule has 0 saturated carbocycles. The van der Waals surface area contributed by atoms with E-state index in [1.54, 1.807) is 11.3 Å². The molecule has 4 heteroatoms. The third-order valence-electron chi connectivity index (χ3n) is 3.53. The molecular formula is C21H34N2SU. The van der Waals surface area contributed by atoms with E-state index in [0.29, 0.717) is 0 Å². The van der Waals surface area contributed by atoms with Crippen LogP contribution in [0.2, 0.25) is 0 Å². The minimum atomic E-state index is 0. The summed E-state index contributed by atoms with van der Waals surface area (Å²) in [6.45, 7) is 17.6. The number of hydrogen-bond donors (Lipinski definition) is 1. The molecule has 0 radical (unpaired) electrons. The molecular weight excluding hydrogens is 550 g/mol. The largest absolute Gasteiger partial charge is 2.00 e. The summed E-state index contributed by atoms with van der Waals surface area (Å²) in [5, 5.41) is 3.12. The summed E-state index contributed by atoms with van der Waals surface area (Å²) < 4.78 is 0. The molecule has 0 fully saturated rings. The Labute approximate surface area is 183 Å². The van der Waals surface area contributed by atoms with Gasteiger partial charge in [-0.1, -0.05) is 45.2 Å². The summed E-state index contributed by atoms with van der Waals surface area (Å²) in [7, 11) is 0. The fourth-order valence-electron chi connectivity index (χ4n) is 1.97. The Kier molecular flexibility index (Phi) is 17.1. The maximum absolute atomic E-state index is 6.09. The van der Waals surface area contributed by atoms with Crippen LogP contribution in [-0.4, -0.2) is 4.98 Å². The molecule has 138 valence electrons. The first-order valence-corrected chi connectivity index (χ1v) is 9.67. The van der Waals surface area contributed by atoms with Crippen LogP contribution in [0.15, 0.2) is 17.5 Å². The molecule has 0 aliphatic rings. The number of aromatic nitrogens is 1. The van der Waals surface area contributed by atoms with E-state index in [2.05, 4.69) is 44.1 Å². The SMILES string of the molecule is Cc1nc(-c2ccc(C)c(C)c2N)cs1.[CH2-]CC.[CH2-]CCCCC.[U+2]. The van der Waals surface area contributed by atoms with Crippen LogP contribution < -0.4 is 5.73 Å². The van der Waals surface area contributed by atoms with Crippen molar-refractivity contribution in [2.45, 2.75) is 66.7 Å². The number of rotatable bonds is 4. The predicted octanol–water partition coefficient (Wildman–Crippen LogP) is 6.95. The van der Waals surface area contributed by atoms with Crippen LogP contribution in [0.25, 0.3) is 11.3 Å². The normalized spacial score (nSPS) is 9.24. The van der Waals surface area contributed by atoms with E-state index in [0.717, 1.165) is 40.4 Å². The first kappa shape index (κ1) is 26.9. The van der Waals surface area contributed by atoms with Crippen LogP contribution in [0.5, 0.6) is 0 Å². The molecule has 0 atom stereocenters. The van der Waals surface area contributed by atoms with Crippen LogP contribution >= 0.6 is 11.3 Å². The van der Waals surface area contributed by atoms with Gasteiger partial charge in [-0.15, -0.1) is 11.3 Å². The van der Waals surface area contributed by atoms with E-state index in [-0.39, 0.29) is 31.1 Å². The zero-order valence-electron chi connectivity index (χ0n) is 16.6. The van der Waals surface area contributed by atoms with E-state index in [4.69, 9.17) is 5.73 Å². The van der Waals surface area contributed by atoms with Gasteiger partial charge in [0, 0.05) is 16.6 Å². The van der Waals surface area contributed by atoms with Crippen molar-refractivity contribution in [1.29, 1.82) is 0 Å². The molecule has 0 unspecified atom stereocenters. The maximum Gasteiger partial charge on any atom is 2.00 e. The fourth-order valence-corrected chi connectivity index (χ4v) is 2.59. The van der Waals surface area contributed by atoms with Crippen molar-refractivity contribution in [3.8, 4) is 11.3 Å². The number of unbranched alkanes of at least 4 members (excludes halogenated alkanes) is 3. The van der Waals surface area contributed by atoms with E-state index in [1.165, 1.54) is 24.8 Å². The second-order valence-corrected chi connectivity index (χ2v) is 6.84. The summed E-state index contributed by atoms with van der Waals surface area (Å²) >= 11 is 1.65. The number of anilines is 1. The molecule has 1 aromatic heterocycles. The number of nitrogens with zero attached hydrogens (tertiary/aromatic N) is 1. The zero-order valence-corrected chi connectivity index (χ0v) is 21.6. The van der Waals surface area contributed by atoms with Gasteiger partial charge in [0.05, 0.1) is 10.7 Å². The van der Waals surface area contributed by atoms with Crippen LogP contribution in [0, 0.1) is 65.7 Å². The molecule has 0 aliphatic carbocycles. The molecule has 0 aliphatic heterocycles. The molecule has 2 aromatic rings. The Morgan fingerprint density at radius 3 is 2.08 bits per heavy atom. The molecule has 1 heterocycles. The Morgan fingerprint density at radius 1 is 1.08 bits per heavy atom. The van der Waals surface area contributed by atoms with Gasteiger partial charge in [-0.25, -0.2) is 4.98 Å². The summed E-state index contributed by atoms with van der Waals surface area (Å²) in [5.74, 6) is 0. The third-order valence-corrected chi connectivity index (χ3v) is 4.31. The number of thiazole rings is 1. The standard InChI is InChI=1S/C12H14N2S.C6H13.C3H7.U/c1-7-4-5-10(12(13)8(7)2)11-6-15-9(3)14-11;1-3-5-6-4-2;1-3-2;/h4-6H,13H2,1-3H3;1,3-6H2,2H3;1,3H2,2H3;/q;2*-1;+2. The molecule has 0 spiro atoms. The minimum Gasteiger partial charge on any atom is -0.398 e. The van der Waals surface area contributed by atoms with Crippen LogP contribution in [0.4, 0.5) is 5.69 Å². The Bertz CT molecular complexity index is 575. The van der Waals surface area contributed by atoms with E-state index < -0.39 is 0 Å². The molecule has 2 rings (SSSR count). The van der Waals surface area contributed by atoms with Crippen molar-refractivity contribution in [2.24, 2.45) is 0 Å². The van der Waals surface area contributed by atoms with E-state index >= 15 is 0 Å². The van der Waals surface area contributed by atoms with Gasteiger partial charge in [-0.2, -0.15) is 12.8 Å². The van der Waals surface area contributed by atoms with Crippen molar-refractivity contribution >= 4 is 17.0 Å². The van der Waals surface area contributed by atoms with E-state index in [9.17, 15) is 0 Å². The second kappa shape index (κ2) is 15.9. The molecule has 1 aromatic carbocycles. The quantitative estimate of drug-likeness (QED) is 0.240. The Hall–Kier alpha value is -0.298. The van der Waals surface area contributed by atoms with Crippen molar-refractivity contribution in [2.75, 3.05) is 5.73 Å². The van der Waals surface area contributed by atoms with Crippen molar-refractivity contribution < 1.29 is 31.1 Å². The van der Waals surface area contributed by atoms with Gasteiger partial charge in [-0.3, -0.25) is 0 Å². The fraction of sp³-hybridized carbons (Fsp3) is 0.476. The van der Waals surface area contributed by atoms with Gasteiger partial charge in [-0.05, 0) is 31.9 Å². The number of nitrogens with two attached hydrogens (primary N) is 1. The van der Waals surface area contributed by atoms with Gasteiger partial charge in [0.25, 0.3) is 0 Å². The molecule has 0 amide bonds. The summed E-state index contributed by atoms with van der Waals surface area (Å²) in [6.07, 6.45) is 6.07. The minimum absolute atomic E-state index is 0. The Balaban J connectivity index is 0. The average Bonchev–Trinajstić information content (AvgIpc) is 2.98. The van der Waals surface area contributed by atoms with Gasteiger partial charge < -0.3 is 19.6 Å². The number of aryl methyl sites for hydroxylation is 2. The summed E-state index contributed by atoms with van der Waals surface area (Å²) in [5.41, 5.74) is 11.3. The summed E-state index contributed by atoms with van der Waals surface area (Å²) in [4.78, 5) is 4.45. The van der Waals surface area contributed by atoms with Crippen LogP contribution in [0.1, 0.15) is 62.1 Å². The topological polar surface area (TPSA) is 38.9 Å². The van der Waals surface area contributed by atoms with Crippen molar-refractivity contribution in [3.63, 3.8) is 0 Å². The molecule has 2 N–H and O–H groups in total. The maximum atomic E-state index is 6.09. The predicted molar refractivity (Wildman–Crippen MR) is 111 cm³/mol. The first-order chi connectivity index (χ1) is 11.4. The second-order valence-electron chi connectivity index (χ2n) is 5.78.